The summed E-state index contributed by atoms with van der Waals surface area (Å²) in [6, 6.07) is 4.93. The van der Waals surface area contributed by atoms with Crippen LogP contribution >= 0.6 is 11.8 Å². The number of rotatable bonds is 9. The number of fused-ring (bicyclic) bond motifs is 1. The molecule has 2 aliphatic rings. The molecule has 36 heavy (non-hydrogen) atoms. The molecule has 2 unspecified atom stereocenters. The van der Waals surface area contributed by atoms with Crippen LogP contribution < -0.4 is 5.32 Å². The number of carbonyl (C=O) groups excluding carboxylic acids is 2. The van der Waals surface area contributed by atoms with E-state index in [1.165, 1.54) is 28.9 Å². The van der Waals surface area contributed by atoms with Gasteiger partial charge >= 0.3 is 11.9 Å². The van der Waals surface area contributed by atoms with Crippen LogP contribution in [0.3, 0.4) is 0 Å². The normalized spacial score (nSPS) is 22.0. The minimum absolute atomic E-state index is 0.0425. The van der Waals surface area contributed by atoms with Gasteiger partial charge in [-0.15, -0.1) is 5.10 Å². The van der Waals surface area contributed by atoms with Gasteiger partial charge in [0.2, 0.25) is 11.1 Å². The predicted octanol–water partition coefficient (Wildman–Crippen LogP) is -1.13. The molecule has 0 spiro atoms. The zero-order chi connectivity index (χ0) is 26.2. The average molecular weight is 520 g/mol. The van der Waals surface area contributed by atoms with Gasteiger partial charge in [-0.05, 0) is 33.7 Å². The Morgan fingerprint density at radius 2 is 2.00 bits per heavy atom. The number of phenolic OH excluding ortho intramolecular Hbond substituents is 1. The van der Waals surface area contributed by atoms with E-state index in [9.17, 15) is 34.5 Å². The first-order chi connectivity index (χ1) is 17.1. The molecule has 1 fully saturated rings. The highest BCUT2D eigenvalue weighted by Crippen LogP contribution is 2.41. The molecule has 1 saturated heterocycles. The Labute approximate surface area is 206 Å². The van der Waals surface area contributed by atoms with Crippen molar-refractivity contribution in [1.29, 1.82) is 0 Å². The second-order valence-electron chi connectivity index (χ2n) is 7.76. The van der Waals surface area contributed by atoms with E-state index in [0.29, 0.717) is 5.16 Å². The smallest absolute Gasteiger partial charge is 0.352 e. The van der Waals surface area contributed by atoms with Gasteiger partial charge in [0.1, 0.15) is 11.4 Å². The maximum absolute atomic E-state index is 13.2. The zero-order valence-electron chi connectivity index (χ0n) is 18.8. The Morgan fingerprint density at radius 3 is 2.56 bits per heavy atom. The Kier molecular flexibility index (Phi) is 6.66. The maximum atomic E-state index is 13.2. The molecule has 2 amide bonds. The van der Waals surface area contributed by atoms with Crippen LogP contribution in [0.15, 0.2) is 40.7 Å². The number of nitrogens with zero attached hydrogens (tertiary/aromatic N) is 5. The molecule has 0 saturated carbocycles. The largest absolute Gasteiger partial charge is 0.508 e. The van der Waals surface area contributed by atoms with Gasteiger partial charge in [-0.25, -0.2) is 9.48 Å². The first-order valence-electron chi connectivity index (χ1n) is 10.2. The number of benzene rings is 1. The number of aromatic hydroxyl groups is 1. The fraction of sp³-hybridized carbons (Fsp3) is 0.350. The van der Waals surface area contributed by atoms with Crippen molar-refractivity contribution in [2.24, 2.45) is 7.05 Å². The number of methoxy groups -OCH3 is 1. The summed E-state index contributed by atoms with van der Waals surface area (Å²) in [5.41, 5.74) is -2.17. The first-order valence-corrected chi connectivity index (χ1v) is 11.2. The topological polar surface area (TPSA) is 206 Å². The molecule has 4 rings (SSSR count). The van der Waals surface area contributed by atoms with Crippen LogP contribution in [0.2, 0.25) is 0 Å². The highest BCUT2D eigenvalue weighted by atomic mass is 32.2. The molecule has 0 aliphatic carbocycles. The third-order valence-corrected chi connectivity index (χ3v) is 6.73. The number of carboxylic acids is 2. The van der Waals surface area contributed by atoms with E-state index in [-0.39, 0.29) is 34.9 Å². The number of aliphatic carboxylic acids is 2. The Morgan fingerprint density at radius 1 is 1.31 bits per heavy atom. The van der Waals surface area contributed by atoms with Gasteiger partial charge < -0.3 is 30.1 Å². The Bertz CT molecular complexity index is 1260. The van der Waals surface area contributed by atoms with Crippen molar-refractivity contribution in [3.8, 4) is 5.75 Å². The summed E-state index contributed by atoms with van der Waals surface area (Å²) in [7, 11) is 2.71. The lowest BCUT2D eigenvalue weighted by Gasteiger charge is -2.55. The molecule has 16 heteroatoms. The zero-order valence-corrected chi connectivity index (χ0v) is 19.6. The molecular formula is C20H20N6O9S. The van der Waals surface area contributed by atoms with Crippen LogP contribution in [0.1, 0.15) is 11.5 Å². The number of β-lactam (4-membered cyclic amide) rings is 1. The van der Waals surface area contributed by atoms with E-state index in [1.54, 1.807) is 7.05 Å². The molecule has 0 radical (unpaired) electrons. The van der Waals surface area contributed by atoms with E-state index >= 15 is 0 Å². The van der Waals surface area contributed by atoms with E-state index in [1.807, 2.05) is 0 Å². The summed E-state index contributed by atoms with van der Waals surface area (Å²) in [4.78, 5) is 51.0. The number of aromatic nitrogens is 4. The lowest BCUT2D eigenvalue weighted by Crippen LogP contribution is -2.82. The van der Waals surface area contributed by atoms with Crippen LogP contribution in [0.25, 0.3) is 0 Å². The third-order valence-electron chi connectivity index (χ3n) is 5.64. The number of amides is 2. The van der Waals surface area contributed by atoms with Crippen molar-refractivity contribution in [2.45, 2.75) is 23.0 Å². The van der Waals surface area contributed by atoms with Gasteiger partial charge in [0.25, 0.3) is 11.6 Å². The number of hydrogen-bond donors (Lipinski definition) is 4. The van der Waals surface area contributed by atoms with E-state index in [2.05, 4.69) is 20.8 Å². The number of thioether (sulfide) groups is 1. The fourth-order valence-electron chi connectivity index (χ4n) is 3.88. The summed E-state index contributed by atoms with van der Waals surface area (Å²) < 4.78 is 12.4. The van der Waals surface area contributed by atoms with Crippen molar-refractivity contribution in [3.05, 3.63) is 41.1 Å². The maximum Gasteiger partial charge on any atom is 0.352 e. The number of aryl methyl sites for hydroxylation is 1. The van der Waals surface area contributed by atoms with Crippen LogP contribution in [0, 0.1) is 0 Å². The summed E-state index contributed by atoms with van der Waals surface area (Å²) in [6.07, 6.45) is -1.36. The molecule has 3 heterocycles. The van der Waals surface area contributed by atoms with E-state index in [0.717, 1.165) is 23.8 Å². The molecular weight excluding hydrogens is 500 g/mol. The van der Waals surface area contributed by atoms with E-state index in [4.69, 9.17) is 9.47 Å². The monoisotopic (exact) mass is 520 g/mol. The van der Waals surface area contributed by atoms with Crippen molar-refractivity contribution in [1.82, 2.24) is 30.4 Å². The number of nitrogens with one attached hydrogen (secondary N) is 1. The van der Waals surface area contributed by atoms with Crippen molar-refractivity contribution < 1.29 is 44.0 Å². The van der Waals surface area contributed by atoms with Crippen molar-refractivity contribution in [3.63, 3.8) is 0 Å². The van der Waals surface area contributed by atoms with Gasteiger partial charge in [0.05, 0.1) is 6.61 Å². The SMILES string of the molecule is CO[C@@]1(NC(=O)C(C(=O)O)c2ccc(O)cc2)C(=O)N2C(C(=O)O)=C(CSc3nnnn3C)COC21. The molecule has 3 atom stereocenters. The lowest BCUT2D eigenvalue weighted by molar-refractivity contribution is -0.258. The second-order valence-corrected chi connectivity index (χ2v) is 8.70. The summed E-state index contributed by atoms with van der Waals surface area (Å²) in [5.74, 6) is -6.73. The summed E-state index contributed by atoms with van der Waals surface area (Å²) in [5, 5.41) is 42.6. The fourth-order valence-corrected chi connectivity index (χ4v) is 4.72. The number of tetrazole rings is 1. The number of carboxylic acid groups (broad SMARTS) is 2. The lowest BCUT2D eigenvalue weighted by atomic mass is 9.92. The quantitative estimate of drug-likeness (QED) is 0.134. The molecule has 4 N–H and O–H groups in total. The van der Waals surface area contributed by atoms with Crippen LogP contribution in [-0.4, -0.2) is 95.6 Å². The van der Waals surface area contributed by atoms with Gasteiger partial charge in [0.15, 0.2) is 12.1 Å². The minimum atomic E-state index is -2.14. The number of ether oxygens (including phenoxy) is 2. The second kappa shape index (κ2) is 9.56. The highest BCUT2D eigenvalue weighted by molar-refractivity contribution is 7.99. The van der Waals surface area contributed by atoms with E-state index < -0.39 is 41.6 Å². The summed E-state index contributed by atoms with van der Waals surface area (Å²) in [6.45, 7) is -0.213. The van der Waals surface area contributed by atoms with Crippen molar-refractivity contribution >= 4 is 35.5 Å². The minimum Gasteiger partial charge on any atom is -0.508 e. The molecule has 1 aromatic heterocycles. The number of carbonyl (C=O) groups is 4. The Balaban J connectivity index is 1.58. The van der Waals surface area contributed by atoms with Crippen LogP contribution in [-0.2, 0) is 35.7 Å². The summed E-state index contributed by atoms with van der Waals surface area (Å²) >= 11 is 1.14. The van der Waals surface area contributed by atoms with Gasteiger partial charge in [0, 0.05) is 19.9 Å². The average Bonchev–Trinajstić information content (AvgIpc) is 3.25. The first kappa shape index (κ1) is 25.1. The molecule has 15 nitrogen and oxygen atoms in total. The number of hydrogen-bond acceptors (Lipinski definition) is 11. The van der Waals surface area contributed by atoms with Gasteiger partial charge in [-0.1, -0.05) is 23.9 Å². The Hall–Kier alpha value is -4.02. The standard InChI is InChI=1S/C20H20N6O9S/c1-25-19(22-23-24-25)36-8-10-7-35-18-20(34-2,17(33)26(18)13(10)16(31)32)21-14(28)12(15(29)30)9-3-5-11(27)6-4-9/h3-6,12,18,27H,7-8H2,1-2H3,(H,21,28)(H,29,30)(H,31,32)/t12?,18?,20-/m0/s1. The third kappa shape index (κ3) is 4.14. The van der Waals surface area contributed by atoms with Crippen LogP contribution in [0.4, 0.5) is 0 Å². The molecule has 1 aromatic carbocycles. The molecule has 2 aliphatic heterocycles. The number of phenols is 1. The molecule has 190 valence electrons. The highest BCUT2D eigenvalue weighted by Gasteiger charge is 2.68. The van der Waals surface area contributed by atoms with Crippen molar-refractivity contribution in [2.75, 3.05) is 19.5 Å². The van der Waals surface area contributed by atoms with Gasteiger partial charge in [-0.2, -0.15) is 0 Å². The molecule has 2 aromatic rings. The molecule has 0 bridgehead atoms. The van der Waals surface area contributed by atoms with Gasteiger partial charge in [-0.3, -0.25) is 19.3 Å². The predicted molar refractivity (Wildman–Crippen MR) is 117 cm³/mol. The van der Waals surface area contributed by atoms with Crippen LogP contribution in [0.5, 0.6) is 5.75 Å².